The number of thiophene rings is 1. The highest BCUT2D eigenvalue weighted by Gasteiger charge is 2.21. The molecule has 0 unspecified atom stereocenters. The molecule has 1 fully saturated rings. The summed E-state index contributed by atoms with van der Waals surface area (Å²) in [6.07, 6.45) is 1.72. The van der Waals surface area contributed by atoms with E-state index >= 15 is 0 Å². The van der Waals surface area contributed by atoms with E-state index < -0.39 is 0 Å². The van der Waals surface area contributed by atoms with Gasteiger partial charge in [-0.1, -0.05) is 24.3 Å². The summed E-state index contributed by atoms with van der Waals surface area (Å²) < 4.78 is 7.19. The monoisotopic (exact) mass is 464 g/mol. The van der Waals surface area contributed by atoms with E-state index in [-0.39, 0.29) is 5.91 Å². The molecule has 164 valence electrons. The number of nitrogens with one attached hydrogen (secondary N) is 1. The minimum atomic E-state index is -0.253. The second kappa shape index (κ2) is 9.36. The molecule has 1 aliphatic heterocycles. The number of carbonyl (C=O) groups excluding carboxylic acids is 1. The molecule has 0 radical (unpaired) electrons. The second-order valence-electron chi connectivity index (χ2n) is 7.78. The van der Waals surface area contributed by atoms with Crippen LogP contribution < -0.4 is 10.2 Å². The number of thioether (sulfide) groups is 1. The number of anilines is 2. The number of aromatic nitrogens is 1. The van der Waals surface area contributed by atoms with Crippen LogP contribution in [-0.2, 0) is 5.75 Å². The first-order valence-corrected chi connectivity index (χ1v) is 12.4. The molecule has 1 aliphatic rings. The summed E-state index contributed by atoms with van der Waals surface area (Å²) in [5.74, 6) is 1.71. The van der Waals surface area contributed by atoms with Crippen molar-refractivity contribution in [3.63, 3.8) is 0 Å². The zero-order valence-electron chi connectivity index (χ0n) is 17.8. The Morgan fingerprint density at radius 1 is 1.12 bits per heavy atom. The third-order valence-corrected chi connectivity index (χ3v) is 7.75. The number of furan rings is 1. The predicted molar refractivity (Wildman–Crippen MR) is 132 cm³/mol. The van der Waals surface area contributed by atoms with Crippen molar-refractivity contribution in [3.05, 3.63) is 71.4 Å². The van der Waals surface area contributed by atoms with Gasteiger partial charge < -0.3 is 19.5 Å². The number of amides is 1. The normalized spacial score (nSPS) is 14.7. The van der Waals surface area contributed by atoms with Gasteiger partial charge >= 0.3 is 0 Å². The molecule has 0 atom stereocenters. The molecule has 1 saturated heterocycles. The van der Waals surface area contributed by atoms with Crippen LogP contribution in [0.2, 0.25) is 0 Å². The minimum absolute atomic E-state index is 0.253. The molecule has 32 heavy (non-hydrogen) atoms. The van der Waals surface area contributed by atoms with Crippen LogP contribution in [-0.4, -0.2) is 49.0 Å². The van der Waals surface area contributed by atoms with E-state index in [1.807, 2.05) is 42.5 Å². The molecule has 0 spiro atoms. The minimum Gasteiger partial charge on any atom is -0.451 e. The Bertz CT molecular complexity index is 1200. The maximum Gasteiger partial charge on any atom is 0.291 e. The maximum absolute atomic E-state index is 13.1. The number of para-hydroxylation sites is 1. The summed E-state index contributed by atoms with van der Waals surface area (Å²) >= 11 is 3.41. The number of piperazine rings is 1. The third kappa shape index (κ3) is 4.53. The van der Waals surface area contributed by atoms with Crippen LogP contribution in [0.15, 0.2) is 68.7 Å². The van der Waals surface area contributed by atoms with E-state index in [1.54, 1.807) is 29.3 Å². The molecule has 4 heterocycles. The van der Waals surface area contributed by atoms with E-state index in [0.29, 0.717) is 17.2 Å². The first kappa shape index (κ1) is 21.1. The molecule has 0 bridgehead atoms. The fourth-order valence-corrected chi connectivity index (χ4v) is 5.60. The summed E-state index contributed by atoms with van der Waals surface area (Å²) in [5.41, 5.74) is 2.30. The molecular formula is C24H24N4O2S2. The molecule has 1 amide bonds. The summed E-state index contributed by atoms with van der Waals surface area (Å²) in [6.45, 7) is 3.97. The van der Waals surface area contributed by atoms with E-state index in [4.69, 9.17) is 4.42 Å². The van der Waals surface area contributed by atoms with E-state index in [1.165, 1.54) is 4.21 Å². The second-order valence-corrected chi connectivity index (χ2v) is 10.00. The molecule has 1 aromatic carbocycles. The number of hydrogen-bond donors (Lipinski definition) is 1. The van der Waals surface area contributed by atoms with Crippen LogP contribution >= 0.6 is 23.1 Å². The van der Waals surface area contributed by atoms with Crippen molar-refractivity contribution in [2.75, 3.05) is 43.4 Å². The Kier molecular flexibility index (Phi) is 6.16. The maximum atomic E-state index is 13.1. The Balaban J connectivity index is 1.33. The number of pyridine rings is 1. The smallest absolute Gasteiger partial charge is 0.291 e. The molecular weight excluding hydrogens is 440 g/mol. The highest BCUT2D eigenvalue weighted by molar-refractivity contribution is 8.00. The topological polar surface area (TPSA) is 61.6 Å². The molecule has 4 aromatic rings. The van der Waals surface area contributed by atoms with Crippen molar-refractivity contribution in [2.24, 2.45) is 0 Å². The van der Waals surface area contributed by atoms with Crippen molar-refractivity contribution in [1.29, 1.82) is 0 Å². The van der Waals surface area contributed by atoms with Gasteiger partial charge in [0.2, 0.25) is 0 Å². The van der Waals surface area contributed by atoms with Gasteiger partial charge in [-0.25, -0.2) is 4.98 Å². The Morgan fingerprint density at radius 2 is 1.97 bits per heavy atom. The van der Waals surface area contributed by atoms with E-state index in [2.05, 4.69) is 38.6 Å². The average Bonchev–Trinajstić information content (AvgIpc) is 3.46. The van der Waals surface area contributed by atoms with Gasteiger partial charge in [-0.05, 0) is 36.7 Å². The number of nitrogens with zero attached hydrogens (tertiary/aromatic N) is 3. The summed E-state index contributed by atoms with van der Waals surface area (Å²) in [5, 5.41) is 6.00. The lowest BCUT2D eigenvalue weighted by Crippen LogP contribution is -2.44. The standard InChI is InChI=1S/C24H24N4O2S2/c1-27-10-12-28(13-11-27)21-9-8-17(15-25-21)26-24(29)23-19(16-32-22-7-4-14-31-22)18-5-2-3-6-20(18)30-23/h2-9,14-15H,10-13,16H2,1H3,(H,26,29). The molecule has 3 aromatic heterocycles. The number of likely N-dealkylation sites (N-methyl/N-ethyl adjacent to an activating group) is 1. The van der Waals surface area contributed by atoms with E-state index in [9.17, 15) is 4.79 Å². The highest BCUT2D eigenvalue weighted by Crippen LogP contribution is 2.34. The number of benzene rings is 1. The van der Waals surface area contributed by atoms with Crippen LogP contribution in [0.5, 0.6) is 0 Å². The predicted octanol–water partition coefficient (Wildman–Crippen LogP) is 5.19. The van der Waals surface area contributed by atoms with Gasteiger partial charge in [0, 0.05) is 42.9 Å². The van der Waals surface area contributed by atoms with Gasteiger partial charge in [-0.15, -0.1) is 23.1 Å². The Labute approximate surface area is 195 Å². The first-order valence-electron chi connectivity index (χ1n) is 10.5. The molecule has 1 N–H and O–H groups in total. The van der Waals surface area contributed by atoms with Crippen LogP contribution in [0, 0.1) is 0 Å². The van der Waals surface area contributed by atoms with Gasteiger partial charge in [0.05, 0.1) is 16.1 Å². The lowest BCUT2D eigenvalue weighted by atomic mass is 10.1. The van der Waals surface area contributed by atoms with Crippen molar-refractivity contribution in [3.8, 4) is 0 Å². The molecule has 8 heteroatoms. The van der Waals surface area contributed by atoms with Gasteiger partial charge in [-0.2, -0.15) is 0 Å². The third-order valence-electron chi connectivity index (χ3n) is 5.59. The number of fused-ring (bicyclic) bond motifs is 1. The zero-order chi connectivity index (χ0) is 21.9. The molecule has 5 rings (SSSR count). The van der Waals surface area contributed by atoms with Crippen molar-refractivity contribution in [2.45, 2.75) is 9.96 Å². The van der Waals surface area contributed by atoms with Crippen molar-refractivity contribution < 1.29 is 9.21 Å². The van der Waals surface area contributed by atoms with Gasteiger partial charge in [0.25, 0.3) is 5.91 Å². The fraction of sp³-hybridized carbons (Fsp3) is 0.250. The van der Waals surface area contributed by atoms with Crippen LogP contribution in [0.3, 0.4) is 0 Å². The number of carbonyl (C=O) groups is 1. The lowest BCUT2D eigenvalue weighted by molar-refractivity contribution is 0.0998. The number of rotatable bonds is 6. The van der Waals surface area contributed by atoms with Gasteiger partial charge in [0.1, 0.15) is 11.4 Å². The molecule has 0 aliphatic carbocycles. The van der Waals surface area contributed by atoms with Gasteiger partial charge in [-0.3, -0.25) is 4.79 Å². The fourth-order valence-electron chi connectivity index (χ4n) is 3.78. The summed E-state index contributed by atoms with van der Waals surface area (Å²) in [6, 6.07) is 15.8. The largest absolute Gasteiger partial charge is 0.451 e. The highest BCUT2D eigenvalue weighted by atomic mass is 32.2. The first-order chi connectivity index (χ1) is 15.7. The molecule has 6 nitrogen and oxygen atoms in total. The van der Waals surface area contributed by atoms with Crippen LogP contribution in [0.1, 0.15) is 16.1 Å². The summed E-state index contributed by atoms with van der Waals surface area (Å²) in [4.78, 5) is 22.3. The van der Waals surface area contributed by atoms with Crippen LogP contribution in [0.25, 0.3) is 11.0 Å². The Hall–Kier alpha value is -2.81. The lowest BCUT2D eigenvalue weighted by Gasteiger charge is -2.33. The number of hydrogen-bond acceptors (Lipinski definition) is 7. The van der Waals surface area contributed by atoms with Gasteiger partial charge in [0.15, 0.2) is 5.76 Å². The van der Waals surface area contributed by atoms with Crippen LogP contribution in [0.4, 0.5) is 11.5 Å². The van der Waals surface area contributed by atoms with Crippen molar-refractivity contribution >= 4 is 51.5 Å². The summed E-state index contributed by atoms with van der Waals surface area (Å²) in [7, 11) is 2.13. The quantitative estimate of drug-likeness (QED) is 0.397. The average molecular weight is 465 g/mol. The SMILES string of the molecule is CN1CCN(c2ccc(NC(=O)c3oc4ccccc4c3CSc3cccs3)cn2)CC1. The zero-order valence-corrected chi connectivity index (χ0v) is 19.4. The Morgan fingerprint density at radius 3 is 2.72 bits per heavy atom. The van der Waals surface area contributed by atoms with Crippen molar-refractivity contribution in [1.82, 2.24) is 9.88 Å². The molecule has 0 saturated carbocycles. The van der Waals surface area contributed by atoms with E-state index in [0.717, 1.165) is 48.5 Å².